The maximum Gasteiger partial charge on any atom is 0.324 e. The number of imide groups is 1. The number of hydrogen-bond donors (Lipinski definition) is 1. The molecule has 1 aromatic carbocycles. The van der Waals surface area contributed by atoms with Crippen molar-refractivity contribution in [3.63, 3.8) is 0 Å². The van der Waals surface area contributed by atoms with Gasteiger partial charge in [0.25, 0.3) is 0 Å². The highest BCUT2D eigenvalue weighted by molar-refractivity contribution is 8.00. The van der Waals surface area contributed by atoms with Crippen molar-refractivity contribution >= 4 is 23.7 Å². The van der Waals surface area contributed by atoms with Crippen molar-refractivity contribution < 1.29 is 9.59 Å². The lowest BCUT2D eigenvalue weighted by Crippen LogP contribution is -2.39. The molecule has 0 spiro atoms. The zero-order valence-electron chi connectivity index (χ0n) is 17.3. The van der Waals surface area contributed by atoms with Crippen LogP contribution in [0.3, 0.4) is 0 Å². The number of urea groups is 1. The second kappa shape index (κ2) is 8.41. The third kappa shape index (κ3) is 4.53. The Morgan fingerprint density at radius 1 is 1.31 bits per heavy atom. The zero-order chi connectivity index (χ0) is 21.2. The Morgan fingerprint density at radius 3 is 2.55 bits per heavy atom. The molecule has 8 heteroatoms. The summed E-state index contributed by atoms with van der Waals surface area (Å²) < 4.78 is 1.94. The van der Waals surface area contributed by atoms with E-state index in [1.807, 2.05) is 16.7 Å². The summed E-state index contributed by atoms with van der Waals surface area (Å²) in [5, 5.41) is 11.5. The number of nitrogens with zero attached hydrogens (tertiary/aromatic N) is 4. The van der Waals surface area contributed by atoms with Gasteiger partial charge in [0, 0.05) is 25.2 Å². The Kier molecular flexibility index (Phi) is 6.12. The lowest BCUT2D eigenvalue weighted by molar-refractivity contribution is -0.126. The minimum atomic E-state index is -0.456. The fourth-order valence-electron chi connectivity index (χ4n) is 3.11. The number of nitrogens with one attached hydrogen (secondary N) is 1. The predicted molar refractivity (Wildman–Crippen MR) is 115 cm³/mol. The molecular formula is C21H27N5O2S. The molecule has 0 saturated carbocycles. The molecule has 0 aliphatic carbocycles. The summed E-state index contributed by atoms with van der Waals surface area (Å²) in [5.74, 6) is 0.501. The molecule has 1 N–H and O–H groups in total. The van der Waals surface area contributed by atoms with Crippen LogP contribution in [-0.4, -0.2) is 49.9 Å². The molecule has 1 aliphatic heterocycles. The fourth-order valence-corrected chi connectivity index (χ4v) is 4.03. The van der Waals surface area contributed by atoms with E-state index in [0.29, 0.717) is 24.8 Å². The number of rotatable bonds is 6. The summed E-state index contributed by atoms with van der Waals surface area (Å²) in [5.41, 5.74) is 2.28. The lowest BCUT2D eigenvalue weighted by Gasteiger charge is -2.19. The summed E-state index contributed by atoms with van der Waals surface area (Å²) in [7, 11) is 0. The van der Waals surface area contributed by atoms with Gasteiger partial charge in [-0.05, 0) is 17.9 Å². The first kappa shape index (κ1) is 21.1. The largest absolute Gasteiger partial charge is 0.336 e. The molecule has 0 bridgehead atoms. The highest BCUT2D eigenvalue weighted by Crippen LogP contribution is 2.29. The predicted octanol–water partition coefficient (Wildman–Crippen LogP) is 3.46. The van der Waals surface area contributed by atoms with Gasteiger partial charge in [0.05, 0.1) is 5.25 Å². The number of amides is 3. The van der Waals surface area contributed by atoms with Crippen LogP contribution in [0.1, 0.15) is 33.3 Å². The molecule has 154 valence electrons. The monoisotopic (exact) mass is 413 g/mol. The summed E-state index contributed by atoms with van der Waals surface area (Å²) in [4.78, 5) is 25.6. The minimum Gasteiger partial charge on any atom is -0.336 e. The number of allylic oxidation sites excluding steroid dienone is 1. The first-order chi connectivity index (χ1) is 13.7. The van der Waals surface area contributed by atoms with Crippen LogP contribution in [0.25, 0.3) is 11.4 Å². The molecule has 3 rings (SSSR count). The third-order valence-corrected chi connectivity index (χ3v) is 5.86. The van der Waals surface area contributed by atoms with Gasteiger partial charge in [-0.15, -0.1) is 16.8 Å². The third-order valence-electron chi connectivity index (χ3n) is 4.79. The van der Waals surface area contributed by atoms with Gasteiger partial charge in [-0.1, -0.05) is 62.9 Å². The van der Waals surface area contributed by atoms with Gasteiger partial charge in [-0.2, -0.15) is 0 Å². The van der Waals surface area contributed by atoms with Crippen LogP contribution in [-0.2, 0) is 16.8 Å². The van der Waals surface area contributed by atoms with Gasteiger partial charge in [0.1, 0.15) is 0 Å². The van der Waals surface area contributed by atoms with Crippen LogP contribution in [0.15, 0.2) is 42.1 Å². The number of aromatic nitrogens is 3. The van der Waals surface area contributed by atoms with E-state index >= 15 is 0 Å². The van der Waals surface area contributed by atoms with Gasteiger partial charge in [0.15, 0.2) is 11.0 Å². The SMILES string of the molecule is C=CCn1c(S[C@H](C)C(=O)N2CCNC2=O)nnc1-c1ccc(C(C)(C)C)cc1. The van der Waals surface area contributed by atoms with Crippen LogP contribution in [0, 0.1) is 0 Å². The Balaban J connectivity index is 1.84. The van der Waals surface area contributed by atoms with E-state index in [2.05, 4.69) is 55.0 Å². The van der Waals surface area contributed by atoms with E-state index < -0.39 is 5.25 Å². The number of thioether (sulfide) groups is 1. The molecule has 1 saturated heterocycles. The molecule has 3 amide bonds. The van der Waals surface area contributed by atoms with E-state index in [0.717, 1.165) is 11.4 Å². The van der Waals surface area contributed by atoms with Gasteiger partial charge < -0.3 is 5.32 Å². The topological polar surface area (TPSA) is 80.1 Å². The molecule has 0 radical (unpaired) electrons. The van der Waals surface area contributed by atoms with Gasteiger partial charge in [0.2, 0.25) is 5.91 Å². The van der Waals surface area contributed by atoms with Crippen LogP contribution in [0.4, 0.5) is 4.79 Å². The molecule has 29 heavy (non-hydrogen) atoms. The molecule has 1 atom stereocenters. The van der Waals surface area contributed by atoms with Crippen LogP contribution in [0.5, 0.6) is 0 Å². The standard InChI is InChI=1S/C21H27N5O2S/c1-6-12-25-17(15-7-9-16(10-8-15)21(3,4)5)23-24-20(25)29-14(2)18(27)26-13-11-22-19(26)28/h6-10,14H,1,11-13H2,2-5H3,(H,22,28)/t14-/m1/s1. The number of hydrogen-bond acceptors (Lipinski definition) is 5. The number of carbonyl (C=O) groups is 2. The van der Waals surface area contributed by atoms with Crippen LogP contribution < -0.4 is 5.32 Å². The number of carbonyl (C=O) groups excluding carboxylic acids is 2. The normalized spacial score (nSPS) is 15.3. The molecule has 2 heterocycles. The van der Waals surface area contributed by atoms with Crippen molar-refractivity contribution in [3.8, 4) is 11.4 Å². The van der Waals surface area contributed by atoms with Crippen LogP contribution in [0.2, 0.25) is 0 Å². The van der Waals surface area contributed by atoms with Gasteiger partial charge in [-0.3, -0.25) is 14.3 Å². The Morgan fingerprint density at radius 2 is 2.00 bits per heavy atom. The number of benzene rings is 1. The molecule has 0 unspecified atom stereocenters. The first-order valence-electron chi connectivity index (χ1n) is 9.63. The molecule has 1 aliphatic rings. The van der Waals surface area contributed by atoms with Crippen molar-refractivity contribution in [2.24, 2.45) is 0 Å². The molecule has 1 fully saturated rings. The Labute approximate surface area is 175 Å². The van der Waals surface area contributed by atoms with E-state index in [1.165, 1.54) is 22.2 Å². The Bertz CT molecular complexity index is 914. The Hall–Kier alpha value is -2.61. The summed E-state index contributed by atoms with van der Waals surface area (Å²) >= 11 is 1.30. The minimum absolute atomic E-state index is 0.0754. The summed E-state index contributed by atoms with van der Waals surface area (Å²) in [6.45, 7) is 13.6. The average molecular weight is 414 g/mol. The second-order valence-corrected chi connectivity index (χ2v) is 9.32. The van der Waals surface area contributed by atoms with Crippen molar-refractivity contribution in [1.82, 2.24) is 25.0 Å². The lowest BCUT2D eigenvalue weighted by atomic mass is 9.87. The van der Waals surface area contributed by atoms with Crippen molar-refractivity contribution in [1.29, 1.82) is 0 Å². The summed E-state index contributed by atoms with van der Waals surface area (Å²) in [6.07, 6.45) is 1.78. The smallest absolute Gasteiger partial charge is 0.324 e. The summed E-state index contributed by atoms with van der Waals surface area (Å²) in [6, 6.07) is 7.96. The van der Waals surface area contributed by atoms with Crippen molar-refractivity contribution in [2.45, 2.75) is 50.1 Å². The van der Waals surface area contributed by atoms with E-state index in [1.54, 1.807) is 13.0 Å². The second-order valence-electron chi connectivity index (χ2n) is 8.01. The molecule has 1 aromatic heterocycles. The van der Waals surface area contributed by atoms with Gasteiger partial charge >= 0.3 is 6.03 Å². The van der Waals surface area contributed by atoms with Crippen molar-refractivity contribution in [2.75, 3.05) is 13.1 Å². The fraction of sp³-hybridized carbons (Fsp3) is 0.429. The van der Waals surface area contributed by atoms with Gasteiger partial charge in [-0.25, -0.2) is 4.79 Å². The quantitative estimate of drug-likeness (QED) is 0.579. The highest BCUT2D eigenvalue weighted by Gasteiger charge is 2.31. The molecular weight excluding hydrogens is 386 g/mol. The van der Waals surface area contributed by atoms with E-state index in [4.69, 9.17) is 0 Å². The maximum absolute atomic E-state index is 12.6. The maximum atomic E-state index is 12.6. The zero-order valence-corrected chi connectivity index (χ0v) is 18.1. The molecule has 7 nitrogen and oxygen atoms in total. The van der Waals surface area contributed by atoms with E-state index in [9.17, 15) is 9.59 Å². The van der Waals surface area contributed by atoms with E-state index in [-0.39, 0.29) is 17.4 Å². The van der Waals surface area contributed by atoms with Crippen LogP contribution >= 0.6 is 11.8 Å². The molecule has 2 aromatic rings. The van der Waals surface area contributed by atoms with Crippen molar-refractivity contribution in [3.05, 3.63) is 42.5 Å². The average Bonchev–Trinajstić information content (AvgIpc) is 3.27. The highest BCUT2D eigenvalue weighted by atomic mass is 32.2. The first-order valence-corrected chi connectivity index (χ1v) is 10.5.